The Hall–Kier alpha value is -0.690. The summed E-state index contributed by atoms with van der Waals surface area (Å²) >= 11 is 0. The van der Waals surface area contributed by atoms with Gasteiger partial charge in [-0.1, -0.05) is 0 Å². The first-order valence-corrected chi connectivity index (χ1v) is 6.05. The van der Waals surface area contributed by atoms with E-state index in [-0.39, 0.29) is 18.7 Å². The van der Waals surface area contributed by atoms with E-state index in [1.54, 1.807) is 4.90 Å². The summed E-state index contributed by atoms with van der Waals surface area (Å²) in [5.74, 6) is -0.0826. The molecule has 0 spiro atoms. The van der Waals surface area contributed by atoms with Gasteiger partial charge in [0.25, 0.3) is 0 Å². The molecule has 1 saturated heterocycles. The fourth-order valence-electron chi connectivity index (χ4n) is 1.85. The SMILES string of the molecule is NCC[C@@H](O)C[C@@H](O)CC(=O)N1CCOCC1. The Bertz CT molecular complexity index is 232. The first kappa shape index (κ1) is 14.4. The molecule has 0 aromatic carbocycles. The molecule has 0 aromatic heterocycles. The van der Waals surface area contributed by atoms with E-state index in [0.29, 0.717) is 39.3 Å². The van der Waals surface area contributed by atoms with Gasteiger partial charge in [-0.3, -0.25) is 4.79 Å². The highest BCUT2D eigenvalue weighted by Gasteiger charge is 2.21. The van der Waals surface area contributed by atoms with Gasteiger partial charge in [0, 0.05) is 13.1 Å². The van der Waals surface area contributed by atoms with Crippen LogP contribution in [0.2, 0.25) is 0 Å². The lowest BCUT2D eigenvalue weighted by atomic mass is 10.1. The zero-order valence-corrected chi connectivity index (χ0v) is 10.0. The Morgan fingerprint density at radius 2 is 1.94 bits per heavy atom. The van der Waals surface area contributed by atoms with Crippen molar-refractivity contribution in [3.8, 4) is 0 Å². The van der Waals surface area contributed by atoms with Crippen LogP contribution >= 0.6 is 0 Å². The Morgan fingerprint density at radius 1 is 1.29 bits per heavy atom. The summed E-state index contributed by atoms with van der Waals surface area (Å²) in [6.45, 7) is 2.65. The maximum atomic E-state index is 11.8. The number of carbonyl (C=O) groups excluding carboxylic acids is 1. The average Bonchev–Trinajstić information content (AvgIpc) is 2.30. The second-order valence-corrected chi connectivity index (χ2v) is 4.32. The Balaban J connectivity index is 2.24. The number of aliphatic hydroxyl groups is 2. The predicted molar refractivity (Wildman–Crippen MR) is 62.3 cm³/mol. The summed E-state index contributed by atoms with van der Waals surface area (Å²) in [6.07, 6.45) is -0.725. The minimum absolute atomic E-state index is 0.0572. The molecule has 1 fully saturated rings. The highest BCUT2D eigenvalue weighted by Crippen LogP contribution is 2.08. The molecule has 1 aliphatic rings. The molecule has 1 aliphatic heterocycles. The monoisotopic (exact) mass is 246 g/mol. The summed E-state index contributed by atoms with van der Waals surface area (Å²) in [7, 11) is 0. The lowest BCUT2D eigenvalue weighted by molar-refractivity contribution is -0.137. The van der Waals surface area contributed by atoms with Gasteiger partial charge in [-0.2, -0.15) is 0 Å². The van der Waals surface area contributed by atoms with Crippen LogP contribution < -0.4 is 5.73 Å². The molecule has 4 N–H and O–H groups in total. The fraction of sp³-hybridized carbons (Fsp3) is 0.909. The smallest absolute Gasteiger partial charge is 0.225 e. The van der Waals surface area contributed by atoms with Crippen LogP contribution in [0.1, 0.15) is 19.3 Å². The van der Waals surface area contributed by atoms with Crippen molar-refractivity contribution in [2.45, 2.75) is 31.5 Å². The largest absolute Gasteiger partial charge is 0.393 e. The summed E-state index contributed by atoms with van der Waals surface area (Å²) in [5.41, 5.74) is 5.29. The van der Waals surface area contributed by atoms with Gasteiger partial charge in [-0.15, -0.1) is 0 Å². The Morgan fingerprint density at radius 3 is 2.53 bits per heavy atom. The number of rotatable bonds is 6. The molecule has 1 rings (SSSR count). The van der Waals surface area contributed by atoms with E-state index in [0.717, 1.165) is 0 Å². The van der Waals surface area contributed by atoms with Crippen LogP contribution in [-0.4, -0.2) is 66.1 Å². The molecule has 0 radical (unpaired) electrons. The van der Waals surface area contributed by atoms with Crippen LogP contribution in [-0.2, 0) is 9.53 Å². The molecule has 0 aliphatic carbocycles. The number of nitrogens with zero attached hydrogens (tertiary/aromatic N) is 1. The van der Waals surface area contributed by atoms with Crippen molar-refractivity contribution < 1.29 is 19.7 Å². The third-order valence-corrected chi connectivity index (χ3v) is 2.82. The predicted octanol–water partition coefficient (Wildman–Crippen LogP) is -1.30. The zero-order valence-electron chi connectivity index (χ0n) is 10.0. The fourth-order valence-corrected chi connectivity index (χ4v) is 1.85. The van der Waals surface area contributed by atoms with Gasteiger partial charge < -0.3 is 25.6 Å². The third-order valence-electron chi connectivity index (χ3n) is 2.82. The van der Waals surface area contributed by atoms with Crippen molar-refractivity contribution in [2.24, 2.45) is 5.73 Å². The van der Waals surface area contributed by atoms with E-state index in [1.807, 2.05) is 0 Å². The maximum absolute atomic E-state index is 11.8. The van der Waals surface area contributed by atoms with Crippen molar-refractivity contribution in [3.05, 3.63) is 0 Å². The molecule has 1 amide bonds. The molecule has 0 unspecified atom stereocenters. The first-order chi connectivity index (χ1) is 8.13. The van der Waals surface area contributed by atoms with Crippen LogP contribution in [0.4, 0.5) is 0 Å². The van der Waals surface area contributed by atoms with Crippen molar-refractivity contribution in [3.63, 3.8) is 0 Å². The molecule has 0 saturated carbocycles. The highest BCUT2D eigenvalue weighted by atomic mass is 16.5. The number of hydrogen-bond acceptors (Lipinski definition) is 5. The molecule has 0 bridgehead atoms. The van der Waals surface area contributed by atoms with Crippen LogP contribution in [0.5, 0.6) is 0 Å². The van der Waals surface area contributed by atoms with Crippen LogP contribution in [0.15, 0.2) is 0 Å². The highest BCUT2D eigenvalue weighted by molar-refractivity contribution is 5.76. The van der Waals surface area contributed by atoms with Crippen LogP contribution in [0, 0.1) is 0 Å². The van der Waals surface area contributed by atoms with Gasteiger partial charge in [-0.05, 0) is 19.4 Å². The molecular weight excluding hydrogens is 224 g/mol. The number of nitrogens with two attached hydrogens (primary N) is 1. The number of amides is 1. The number of carbonyl (C=O) groups is 1. The van der Waals surface area contributed by atoms with Crippen molar-refractivity contribution in [1.29, 1.82) is 0 Å². The lowest BCUT2D eigenvalue weighted by Gasteiger charge is -2.28. The Labute approximate surface area is 101 Å². The van der Waals surface area contributed by atoms with Gasteiger partial charge in [0.05, 0.1) is 31.8 Å². The summed E-state index contributed by atoms with van der Waals surface area (Å²) in [6, 6.07) is 0. The second kappa shape index (κ2) is 7.60. The summed E-state index contributed by atoms with van der Waals surface area (Å²) in [5, 5.41) is 19.1. The molecule has 17 heavy (non-hydrogen) atoms. The molecule has 2 atom stereocenters. The lowest BCUT2D eigenvalue weighted by Crippen LogP contribution is -2.42. The van der Waals surface area contributed by atoms with E-state index in [2.05, 4.69) is 0 Å². The zero-order chi connectivity index (χ0) is 12.7. The van der Waals surface area contributed by atoms with Crippen LogP contribution in [0.25, 0.3) is 0 Å². The molecule has 1 heterocycles. The van der Waals surface area contributed by atoms with Gasteiger partial charge in [0.2, 0.25) is 5.91 Å². The normalized spacial score (nSPS) is 20.1. The molecule has 6 heteroatoms. The second-order valence-electron chi connectivity index (χ2n) is 4.32. The standard InChI is InChI=1S/C11H22N2O4/c12-2-1-9(14)7-10(15)8-11(16)13-3-5-17-6-4-13/h9-10,14-15H,1-8,12H2/t9-,10-/m1/s1. The van der Waals surface area contributed by atoms with Crippen molar-refractivity contribution in [1.82, 2.24) is 4.90 Å². The number of hydrogen-bond donors (Lipinski definition) is 3. The molecule has 0 aromatic rings. The molecular formula is C11H22N2O4. The van der Waals surface area contributed by atoms with E-state index < -0.39 is 12.2 Å². The number of aliphatic hydroxyl groups excluding tert-OH is 2. The minimum atomic E-state index is -0.799. The molecule has 6 nitrogen and oxygen atoms in total. The topological polar surface area (TPSA) is 96.0 Å². The number of ether oxygens (including phenoxy) is 1. The van der Waals surface area contributed by atoms with E-state index in [9.17, 15) is 15.0 Å². The number of morpholine rings is 1. The first-order valence-electron chi connectivity index (χ1n) is 6.05. The van der Waals surface area contributed by atoms with E-state index >= 15 is 0 Å². The molecule has 100 valence electrons. The quantitative estimate of drug-likeness (QED) is 0.541. The van der Waals surface area contributed by atoms with Crippen molar-refractivity contribution in [2.75, 3.05) is 32.8 Å². The summed E-state index contributed by atoms with van der Waals surface area (Å²) in [4.78, 5) is 13.4. The van der Waals surface area contributed by atoms with Crippen molar-refractivity contribution >= 4 is 5.91 Å². The van der Waals surface area contributed by atoms with Gasteiger partial charge >= 0.3 is 0 Å². The maximum Gasteiger partial charge on any atom is 0.225 e. The summed E-state index contributed by atoms with van der Waals surface area (Å²) < 4.78 is 5.14. The Kier molecular flexibility index (Phi) is 6.43. The van der Waals surface area contributed by atoms with E-state index in [4.69, 9.17) is 10.5 Å². The minimum Gasteiger partial charge on any atom is -0.393 e. The van der Waals surface area contributed by atoms with Gasteiger partial charge in [0.1, 0.15) is 0 Å². The van der Waals surface area contributed by atoms with E-state index in [1.165, 1.54) is 0 Å². The third kappa shape index (κ3) is 5.45. The van der Waals surface area contributed by atoms with Gasteiger partial charge in [-0.25, -0.2) is 0 Å². The van der Waals surface area contributed by atoms with Crippen LogP contribution in [0.3, 0.4) is 0 Å². The van der Waals surface area contributed by atoms with Gasteiger partial charge in [0.15, 0.2) is 0 Å². The average molecular weight is 246 g/mol.